The van der Waals surface area contributed by atoms with Gasteiger partial charge < -0.3 is 10.6 Å². The van der Waals surface area contributed by atoms with Gasteiger partial charge in [0.2, 0.25) is 5.91 Å². The summed E-state index contributed by atoms with van der Waals surface area (Å²) in [6, 6.07) is 11.3. The number of nitrogens with one attached hydrogen (secondary N) is 2. The third-order valence-corrected chi connectivity index (χ3v) is 4.34. The summed E-state index contributed by atoms with van der Waals surface area (Å²) in [5.41, 5.74) is 0.819. The molecule has 2 N–H and O–H groups in total. The van der Waals surface area contributed by atoms with Crippen LogP contribution in [0.15, 0.2) is 46.3 Å². The number of rotatable bonds is 5. The van der Waals surface area contributed by atoms with E-state index >= 15 is 0 Å². The summed E-state index contributed by atoms with van der Waals surface area (Å²) in [7, 11) is 0. The number of para-hydroxylation sites is 1. The van der Waals surface area contributed by atoms with E-state index in [0.29, 0.717) is 6.54 Å². The number of hydrogen-bond acceptors (Lipinski definition) is 3. The second-order valence-electron chi connectivity index (χ2n) is 4.19. The van der Waals surface area contributed by atoms with Crippen molar-refractivity contribution in [2.75, 3.05) is 5.32 Å². The third kappa shape index (κ3) is 4.45. The van der Waals surface area contributed by atoms with E-state index < -0.39 is 0 Å². The summed E-state index contributed by atoms with van der Waals surface area (Å²) in [5, 5.41) is 8.12. The van der Waals surface area contributed by atoms with Gasteiger partial charge in [0.05, 0.1) is 6.04 Å². The lowest BCUT2D eigenvalue weighted by molar-refractivity contribution is -0.117. The summed E-state index contributed by atoms with van der Waals surface area (Å²) in [5.74, 6) is -0.0261. The summed E-state index contributed by atoms with van der Waals surface area (Å²) >= 11 is 5.08. The van der Waals surface area contributed by atoms with Gasteiger partial charge in [0.1, 0.15) is 0 Å². The average Bonchev–Trinajstić information content (AvgIpc) is 2.83. The van der Waals surface area contributed by atoms with Crippen molar-refractivity contribution >= 4 is 38.9 Å². The molecule has 0 saturated carbocycles. The van der Waals surface area contributed by atoms with Crippen molar-refractivity contribution in [3.8, 4) is 0 Å². The zero-order chi connectivity index (χ0) is 13.7. The molecule has 1 aromatic carbocycles. The second-order valence-corrected chi connectivity index (χ2v) is 6.10. The minimum absolute atomic E-state index is 0.0261. The first-order chi connectivity index (χ1) is 9.15. The number of hydrogen-bond donors (Lipinski definition) is 2. The molecule has 0 aliphatic heterocycles. The Bertz CT molecular complexity index is 541. The quantitative estimate of drug-likeness (QED) is 0.873. The first-order valence-electron chi connectivity index (χ1n) is 5.97. The molecule has 19 heavy (non-hydrogen) atoms. The maximum absolute atomic E-state index is 12.0. The molecule has 5 heteroatoms. The number of benzene rings is 1. The zero-order valence-corrected chi connectivity index (χ0v) is 12.9. The lowest BCUT2D eigenvalue weighted by atomic mass is 10.2. The molecule has 1 heterocycles. The molecule has 1 unspecified atom stereocenters. The minimum Gasteiger partial charge on any atom is -0.325 e. The van der Waals surface area contributed by atoms with Crippen LogP contribution in [-0.2, 0) is 11.3 Å². The van der Waals surface area contributed by atoms with E-state index in [-0.39, 0.29) is 11.9 Å². The smallest absolute Gasteiger partial charge is 0.241 e. The maximum atomic E-state index is 12.0. The highest BCUT2D eigenvalue weighted by Gasteiger charge is 2.12. The van der Waals surface area contributed by atoms with Gasteiger partial charge in [0.25, 0.3) is 0 Å². The molecule has 100 valence electrons. The van der Waals surface area contributed by atoms with Crippen LogP contribution < -0.4 is 10.6 Å². The van der Waals surface area contributed by atoms with E-state index in [4.69, 9.17) is 0 Å². The van der Waals surface area contributed by atoms with Gasteiger partial charge in [-0.05, 0) is 41.1 Å². The van der Waals surface area contributed by atoms with Crippen LogP contribution in [0, 0.1) is 0 Å². The number of thiophene rings is 1. The van der Waals surface area contributed by atoms with Crippen molar-refractivity contribution in [3.63, 3.8) is 0 Å². The van der Waals surface area contributed by atoms with Crippen molar-refractivity contribution in [2.24, 2.45) is 0 Å². The monoisotopic (exact) mass is 338 g/mol. The molecule has 0 saturated heterocycles. The van der Waals surface area contributed by atoms with Gasteiger partial charge >= 0.3 is 0 Å². The first-order valence-corrected chi connectivity index (χ1v) is 7.64. The van der Waals surface area contributed by atoms with Crippen molar-refractivity contribution in [2.45, 2.75) is 19.5 Å². The number of carbonyl (C=O) groups is 1. The van der Waals surface area contributed by atoms with Crippen LogP contribution in [0.4, 0.5) is 5.69 Å². The fourth-order valence-corrected chi connectivity index (χ4v) is 2.97. The van der Waals surface area contributed by atoms with Crippen molar-refractivity contribution in [1.82, 2.24) is 5.32 Å². The maximum Gasteiger partial charge on any atom is 0.241 e. The van der Waals surface area contributed by atoms with Gasteiger partial charge in [-0.25, -0.2) is 0 Å². The highest BCUT2D eigenvalue weighted by atomic mass is 79.9. The topological polar surface area (TPSA) is 41.1 Å². The first kappa shape index (κ1) is 14.2. The van der Waals surface area contributed by atoms with Gasteiger partial charge in [0.15, 0.2) is 0 Å². The normalized spacial score (nSPS) is 12.1. The molecule has 3 nitrogen and oxygen atoms in total. The number of carbonyl (C=O) groups excluding carboxylic acids is 1. The highest BCUT2D eigenvalue weighted by molar-refractivity contribution is 9.10. The Hall–Kier alpha value is -1.17. The minimum atomic E-state index is -0.235. The number of anilines is 1. The highest BCUT2D eigenvalue weighted by Crippen LogP contribution is 2.19. The predicted molar refractivity (Wildman–Crippen MR) is 83.4 cm³/mol. The Balaban J connectivity index is 1.82. The molecule has 2 aromatic rings. The van der Waals surface area contributed by atoms with Crippen molar-refractivity contribution in [3.05, 3.63) is 51.1 Å². The summed E-state index contributed by atoms with van der Waals surface area (Å²) < 4.78 is 1.08. The summed E-state index contributed by atoms with van der Waals surface area (Å²) in [4.78, 5) is 13.2. The van der Waals surface area contributed by atoms with Crippen LogP contribution in [0.5, 0.6) is 0 Å². The van der Waals surface area contributed by atoms with E-state index in [0.717, 1.165) is 10.2 Å². The summed E-state index contributed by atoms with van der Waals surface area (Å²) in [6.07, 6.45) is 0. The van der Waals surface area contributed by atoms with Crippen molar-refractivity contribution < 1.29 is 4.79 Å². The van der Waals surface area contributed by atoms with E-state index in [1.807, 2.05) is 42.6 Å². The lowest BCUT2D eigenvalue weighted by Crippen LogP contribution is -2.37. The molecular formula is C14H15BrN2OS. The molecule has 1 atom stereocenters. The molecule has 1 amide bonds. The van der Waals surface area contributed by atoms with Crippen LogP contribution in [0.1, 0.15) is 11.8 Å². The molecule has 0 fully saturated rings. The largest absolute Gasteiger partial charge is 0.325 e. The summed E-state index contributed by atoms with van der Waals surface area (Å²) in [6.45, 7) is 2.56. The molecular weight excluding hydrogens is 324 g/mol. The molecule has 0 spiro atoms. The Morgan fingerprint density at radius 1 is 1.37 bits per heavy atom. The van der Waals surface area contributed by atoms with E-state index in [1.54, 1.807) is 11.3 Å². The zero-order valence-electron chi connectivity index (χ0n) is 10.5. The molecule has 1 aromatic heterocycles. The second kappa shape index (κ2) is 6.84. The standard InChI is InChI=1S/C14H15BrN2OS/c1-10(16-8-13-7-11(15)9-19-13)14(18)17-12-5-3-2-4-6-12/h2-7,9-10,16H,8H2,1H3,(H,17,18). The SMILES string of the molecule is CC(NCc1cc(Br)cs1)C(=O)Nc1ccccc1. The Labute approximate surface area is 125 Å². The van der Waals surface area contributed by atoms with Crippen molar-refractivity contribution in [1.29, 1.82) is 0 Å². The fraction of sp³-hybridized carbons (Fsp3) is 0.214. The van der Waals surface area contributed by atoms with Gasteiger partial charge in [-0.3, -0.25) is 4.79 Å². The Morgan fingerprint density at radius 2 is 2.11 bits per heavy atom. The fourth-order valence-electron chi connectivity index (χ4n) is 1.56. The van der Waals surface area contributed by atoms with Crippen LogP contribution in [-0.4, -0.2) is 11.9 Å². The van der Waals surface area contributed by atoms with Gasteiger partial charge in [-0.2, -0.15) is 0 Å². The Kier molecular flexibility index (Phi) is 5.13. The van der Waals surface area contributed by atoms with E-state index in [1.165, 1.54) is 4.88 Å². The predicted octanol–water partition coefficient (Wildman–Crippen LogP) is 3.63. The van der Waals surface area contributed by atoms with Crippen LogP contribution in [0.2, 0.25) is 0 Å². The molecule has 2 rings (SSSR count). The van der Waals surface area contributed by atoms with Gasteiger partial charge in [0, 0.05) is 27.0 Å². The van der Waals surface area contributed by atoms with E-state index in [9.17, 15) is 4.79 Å². The number of amides is 1. The third-order valence-electron chi connectivity index (χ3n) is 2.64. The van der Waals surface area contributed by atoms with Gasteiger partial charge in [-0.1, -0.05) is 18.2 Å². The molecule has 0 bridgehead atoms. The average molecular weight is 339 g/mol. The number of halogens is 1. The van der Waals surface area contributed by atoms with E-state index in [2.05, 4.69) is 32.6 Å². The lowest BCUT2D eigenvalue weighted by Gasteiger charge is -2.13. The van der Waals surface area contributed by atoms with Crippen LogP contribution in [0.3, 0.4) is 0 Å². The van der Waals surface area contributed by atoms with Crippen LogP contribution >= 0.6 is 27.3 Å². The van der Waals surface area contributed by atoms with Gasteiger partial charge in [-0.15, -0.1) is 11.3 Å². The Morgan fingerprint density at radius 3 is 2.74 bits per heavy atom. The molecule has 0 aliphatic carbocycles. The molecule has 0 aliphatic rings. The molecule has 0 radical (unpaired) electrons. The van der Waals surface area contributed by atoms with Crippen LogP contribution in [0.25, 0.3) is 0 Å².